The van der Waals surface area contributed by atoms with E-state index in [1.54, 1.807) is 24.4 Å². The first-order valence-electron chi connectivity index (χ1n) is 8.74. The van der Waals surface area contributed by atoms with Gasteiger partial charge in [0.1, 0.15) is 0 Å². The molecule has 0 saturated heterocycles. The molecule has 142 valence electrons. The summed E-state index contributed by atoms with van der Waals surface area (Å²) in [5.74, 6) is -1.35. The molecule has 2 aromatic carbocycles. The van der Waals surface area contributed by atoms with Crippen molar-refractivity contribution in [3.05, 3.63) is 72.1 Å². The quantitative estimate of drug-likeness (QED) is 0.633. The highest BCUT2D eigenvalue weighted by Gasteiger charge is 2.19. The number of carbonyl (C=O) groups excluding carboxylic acids is 3. The molecule has 1 N–H and O–H groups in total. The molecule has 0 bridgehead atoms. The number of fused-ring (bicyclic) bond motifs is 1. The summed E-state index contributed by atoms with van der Waals surface area (Å²) in [5.41, 5.74) is 2.41. The van der Waals surface area contributed by atoms with E-state index >= 15 is 0 Å². The number of nitrogens with zero attached hydrogens (tertiary/aromatic N) is 2. The third-order valence-corrected chi connectivity index (χ3v) is 4.15. The number of ketones is 1. The van der Waals surface area contributed by atoms with Gasteiger partial charge in [-0.3, -0.25) is 19.6 Å². The van der Waals surface area contributed by atoms with Crippen LogP contribution in [-0.2, 0) is 20.7 Å². The van der Waals surface area contributed by atoms with Gasteiger partial charge in [0.25, 0.3) is 5.91 Å². The van der Waals surface area contributed by atoms with E-state index in [-0.39, 0.29) is 11.3 Å². The number of hydrogen-bond acceptors (Lipinski definition) is 6. The second-order valence-corrected chi connectivity index (χ2v) is 6.26. The first-order chi connectivity index (χ1) is 13.5. The maximum Gasteiger partial charge on any atom is 0.338 e. The number of aromatic nitrogens is 2. The zero-order valence-electron chi connectivity index (χ0n) is 15.3. The average Bonchev–Trinajstić information content (AvgIpc) is 2.72. The van der Waals surface area contributed by atoms with Crippen LogP contribution in [0.4, 0.5) is 0 Å². The summed E-state index contributed by atoms with van der Waals surface area (Å²) >= 11 is 0. The van der Waals surface area contributed by atoms with Gasteiger partial charge in [0.05, 0.1) is 22.6 Å². The van der Waals surface area contributed by atoms with Gasteiger partial charge < -0.3 is 10.1 Å². The maximum absolute atomic E-state index is 12.2. The summed E-state index contributed by atoms with van der Waals surface area (Å²) in [6, 6.07) is 13.5. The average molecular weight is 377 g/mol. The lowest BCUT2D eigenvalue weighted by Gasteiger charge is -2.16. The number of hydrogen-bond donors (Lipinski definition) is 1. The number of ether oxygens (including phenoxy) is 1. The molecule has 0 aliphatic heterocycles. The predicted octanol–water partition coefficient (Wildman–Crippen LogP) is 2.10. The number of benzene rings is 2. The summed E-state index contributed by atoms with van der Waals surface area (Å²) < 4.78 is 5.06. The van der Waals surface area contributed by atoms with E-state index in [2.05, 4.69) is 15.3 Å². The molecule has 3 rings (SSSR count). The lowest BCUT2D eigenvalue weighted by atomic mass is 10.0. The fourth-order valence-electron chi connectivity index (χ4n) is 2.69. The fraction of sp³-hybridized carbons (Fsp3) is 0.190. The Morgan fingerprint density at radius 1 is 1.00 bits per heavy atom. The lowest BCUT2D eigenvalue weighted by molar-refractivity contribution is -0.128. The first-order valence-corrected chi connectivity index (χ1v) is 8.74. The van der Waals surface area contributed by atoms with Crippen LogP contribution in [0.5, 0.6) is 0 Å². The molecule has 1 amide bonds. The number of nitrogens with one attached hydrogen (secondary N) is 1. The number of esters is 1. The fourth-order valence-corrected chi connectivity index (χ4v) is 2.69. The molecular formula is C21H19N3O4. The van der Waals surface area contributed by atoms with Gasteiger partial charge in [0.15, 0.2) is 12.4 Å². The Hall–Kier alpha value is -3.61. The summed E-state index contributed by atoms with van der Waals surface area (Å²) in [6.45, 7) is 0.936. The Morgan fingerprint density at radius 3 is 2.43 bits per heavy atom. The Morgan fingerprint density at radius 2 is 1.71 bits per heavy atom. The van der Waals surface area contributed by atoms with Crippen molar-refractivity contribution in [2.75, 3.05) is 6.61 Å². The standard InChI is InChI=1S/C21H19N3O4/c1-14(25)18(11-15-5-3-2-4-6-15)24-20(26)13-28-21(27)16-7-8-17-19(12-16)23-10-9-22-17/h2-10,12,18H,11,13H2,1H3,(H,24,26)/t18-/m1/s1. The molecule has 0 radical (unpaired) electrons. The van der Waals surface area contributed by atoms with Crippen LogP contribution in [0, 0.1) is 0 Å². The number of carbonyl (C=O) groups is 3. The Balaban J connectivity index is 1.57. The molecule has 7 nitrogen and oxygen atoms in total. The van der Waals surface area contributed by atoms with Gasteiger partial charge in [-0.15, -0.1) is 0 Å². The smallest absolute Gasteiger partial charge is 0.338 e. The van der Waals surface area contributed by atoms with Crippen LogP contribution in [0.2, 0.25) is 0 Å². The number of rotatable bonds is 7. The van der Waals surface area contributed by atoms with Crippen molar-refractivity contribution >= 4 is 28.7 Å². The molecule has 0 unspecified atom stereocenters. The van der Waals surface area contributed by atoms with Gasteiger partial charge in [0, 0.05) is 12.4 Å². The van der Waals surface area contributed by atoms with E-state index in [4.69, 9.17) is 4.74 Å². The van der Waals surface area contributed by atoms with Crippen LogP contribution in [0.25, 0.3) is 11.0 Å². The highest BCUT2D eigenvalue weighted by Crippen LogP contribution is 2.12. The third kappa shape index (κ3) is 4.97. The van der Waals surface area contributed by atoms with Gasteiger partial charge in [-0.25, -0.2) is 4.79 Å². The van der Waals surface area contributed by atoms with Gasteiger partial charge in [-0.2, -0.15) is 0 Å². The van der Waals surface area contributed by atoms with Gasteiger partial charge in [-0.1, -0.05) is 30.3 Å². The van der Waals surface area contributed by atoms with Crippen molar-refractivity contribution in [2.24, 2.45) is 0 Å². The predicted molar refractivity (Wildman–Crippen MR) is 103 cm³/mol. The zero-order valence-corrected chi connectivity index (χ0v) is 15.3. The maximum atomic E-state index is 12.2. The lowest BCUT2D eigenvalue weighted by Crippen LogP contribution is -2.43. The van der Waals surface area contributed by atoms with E-state index in [0.717, 1.165) is 5.56 Å². The summed E-state index contributed by atoms with van der Waals surface area (Å²) in [6.07, 6.45) is 3.46. The van der Waals surface area contributed by atoms with Crippen molar-refractivity contribution < 1.29 is 19.1 Å². The van der Waals surface area contributed by atoms with E-state index in [9.17, 15) is 14.4 Å². The molecule has 0 aliphatic rings. The van der Waals surface area contributed by atoms with Crippen molar-refractivity contribution in [2.45, 2.75) is 19.4 Å². The van der Waals surface area contributed by atoms with Gasteiger partial charge in [-0.05, 0) is 37.1 Å². The minimum absolute atomic E-state index is 0.170. The van der Waals surface area contributed by atoms with Crippen LogP contribution >= 0.6 is 0 Å². The highest BCUT2D eigenvalue weighted by atomic mass is 16.5. The van der Waals surface area contributed by atoms with Crippen LogP contribution < -0.4 is 5.32 Å². The van der Waals surface area contributed by atoms with Gasteiger partial charge in [0.2, 0.25) is 0 Å². The molecule has 1 aromatic heterocycles. The molecule has 0 saturated carbocycles. The van der Waals surface area contributed by atoms with Crippen molar-refractivity contribution in [1.29, 1.82) is 0 Å². The number of Topliss-reactive ketones (excluding diaryl/α,β-unsaturated/α-hetero) is 1. The zero-order chi connectivity index (χ0) is 19.9. The van der Waals surface area contributed by atoms with Gasteiger partial charge >= 0.3 is 5.97 Å². The van der Waals surface area contributed by atoms with Crippen LogP contribution in [0.3, 0.4) is 0 Å². The molecule has 1 heterocycles. The molecule has 3 aromatic rings. The monoisotopic (exact) mass is 377 g/mol. The molecule has 1 atom stereocenters. The minimum atomic E-state index is -0.676. The van der Waals surface area contributed by atoms with Crippen molar-refractivity contribution in [3.63, 3.8) is 0 Å². The third-order valence-electron chi connectivity index (χ3n) is 4.15. The summed E-state index contributed by atoms with van der Waals surface area (Å²) in [5, 5.41) is 2.61. The SMILES string of the molecule is CC(=O)[C@@H](Cc1ccccc1)NC(=O)COC(=O)c1ccc2nccnc2c1. The Kier molecular flexibility index (Phi) is 6.06. The normalized spacial score (nSPS) is 11.6. The molecular weight excluding hydrogens is 358 g/mol. The summed E-state index contributed by atoms with van der Waals surface area (Å²) in [7, 11) is 0. The van der Waals surface area contributed by atoms with E-state index < -0.39 is 24.5 Å². The van der Waals surface area contributed by atoms with Crippen LogP contribution in [0.1, 0.15) is 22.8 Å². The minimum Gasteiger partial charge on any atom is -0.452 e. The summed E-state index contributed by atoms with van der Waals surface area (Å²) in [4.78, 5) is 44.4. The Bertz CT molecular complexity index is 1000. The van der Waals surface area contributed by atoms with Crippen molar-refractivity contribution in [1.82, 2.24) is 15.3 Å². The van der Waals surface area contributed by atoms with E-state index in [1.807, 2.05) is 30.3 Å². The topological polar surface area (TPSA) is 98.2 Å². The van der Waals surface area contributed by atoms with Crippen LogP contribution in [-0.4, -0.2) is 40.3 Å². The Labute approximate surface area is 161 Å². The molecule has 7 heteroatoms. The number of amides is 1. The second-order valence-electron chi connectivity index (χ2n) is 6.26. The largest absolute Gasteiger partial charge is 0.452 e. The van der Waals surface area contributed by atoms with Crippen LogP contribution in [0.15, 0.2) is 60.9 Å². The highest BCUT2D eigenvalue weighted by molar-refractivity contribution is 5.95. The molecule has 0 aliphatic carbocycles. The second kappa shape index (κ2) is 8.85. The van der Waals surface area contributed by atoms with E-state index in [0.29, 0.717) is 17.5 Å². The molecule has 28 heavy (non-hydrogen) atoms. The molecule has 0 fully saturated rings. The van der Waals surface area contributed by atoms with Crippen molar-refractivity contribution in [3.8, 4) is 0 Å². The van der Waals surface area contributed by atoms with E-state index in [1.165, 1.54) is 13.1 Å². The molecule has 0 spiro atoms. The first kappa shape index (κ1) is 19.2.